The topological polar surface area (TPSA) is 0 Å². The van der Waals surface area contributed by atoms with Crippen LogP contribution in [0.5, 0.6) is 0 Å². The van der Waals surface area contributed by atoms with Crippen LogP contribution in [-0.2, 0) is 10.8 Å². The molecule has 1 heteroatoms. The maximum atomic E-state index is 2.44. The molecular formula is C104H70S. The number of rotatable bonds is 6. The van der Waals surface area contributed by atoms with Gasteiger partial charge in [-0.25, -0.2) is 0 Å². The van der Waals surface area contributed by atoms with Crippen molar-refractivity contribution in [1.82, 2.24) is 0 Å². The Balaban J connectivity index is 0.000000135. The molecule has 0 saturated carbocycles. The molecule has 0 saturated heterocycles. The van der Waals surface area contributed by atoms with Crippen molar-refractivity contribution in [2.24, 2.45) is 0 Å². The van der Waals surface area contributed by atoms with E-state index in [0.29, 0.717) is 0 Å². The second-order valence-electron chi connectivity index (χ2n) is 30.0. The molecule has 0 nitrogen and oxygen atoms in total. The van der Waals surface area contributed by atoms with Crippen LogP contribution in [0.4, 0.5) is 0 Å². The van der Waals surface area contributed by atoms with Crippen molar-refractivity contribution in [3.63, 3.8) is 0 Å². The van der Waals surface area contributed by atoms with E-state index in [-0.39, 0.29) is 10.8 Å². The largest absolute Gasteiger partial charge is 0.135 e. The van der Waals surface area contributed by atoms with Crippen LogP contribution in [-0.4, -0.2) is 0 Å². The van der Waals surface area contributed by atoms with Gasteiger partial charge in [0, 0.05) is 36.6 Å². The minimum Gasteiger partial charge on any atom is -0.135 e. The van der Waals surface area contributed by atoms with Gasteiger partial charge in [-0.3, -0.25) is 0 Å². The van der Waals surface area contributed by atoms with E-state index in [9.17, 15) is 0 Å². The summed E-state index contributed by atoms with van der Waals surface area (Å²) >= 11 is 1.91. The zero-order valence-electron chi connectivity index (χ0n) is 58.9. The maximum absolute atomic E-state index is 2.44. The molecule has 1 aromatic heterocycles. The summed E-state index contributed by atoms with van der Waals surface area (Å²) in [5, 5.41) is 23.2. The molecule has 19 aromatic carbocycles. The Labute approximate surface area is 615 Å². The first-order valence-corrected chi connectivity index (χ1v) is 37.7. The Morgan fingerprint density at radius 2 is 0.524 bits per heavy atom. The van der Waals surface area contributed by atoms with Crippen LogP contribution in [0, 0.1) is 0 Å². The van der Waals surface area contributed by atoms with E-state index in [4.69, 9.17) is 0 Å². The SMILES string of the molecule is CC1(C)c2cc3ccccc3cc2-c2cccc(-c3cccc(-c4c5ccccc5c(-c5cccc6c5ccc5ccccc56)c5ccccc45)c3)c21.CC1(C)c2cc3ccccc3cc2-c2cccc(-c3cccc(-c4c5ccccc5c(-c5cccc6c5sc5ccccc56)c5ccccc45)c3)c21. The Kier molecular flexibility index (Phi) is 13.7. The minimum atomic E-state index is -0.133. The van der Waals surface area contributed by atoms with Gasteiger partial charge in [-0.15, -0.1) is 11.3 Å². The molecule has 0 bridgehead atoms. The molecule has 492 valence electrons. The summed E-state index contributed by atoms with van der Waals surface area (Å²) in [6.07, 6.45) is 0. The zero-order valence-corrected chi connectivity index (χ0v) is 59.7. The van der Waals surface area contributed by atoms with E-state index in [1.807, 2.05) is 11.3 Å². The van der Waals surface area contributed by atoms with Crippen LogP contribution < -0.4 is 0 Å². The first kappa shape index (κ1) is 61.2. The molecule has 0 N–H and O–H groups in total. The number of hydrogen-bond donors (Lipinski definition) is 0. The number of benzene rings is 19. The summed E-state index contributed by atoms with van der Waals surface area (Å²) in [5.74, 6) is 0. The Bertz CT molecular complexity index is 6980. The Hall–Kier alpha value is -12.5. The fourth-order valence-corrected chi connectivity index (χ4v) is 20.2. The number of thiophene rings is 1. The summed E-state index contributed by atoms with van der Waals surface area (Å²) < 4.78 is 2.68. The summed E-state index contributed by atoms with van der Waals surface area (Å²) in [5.41, 5.74) is 26.2. The maximum Gasteiger partial charge on any atom is 0.0434 e. The predicted molar refractivity (Wildman–Crippen MR) is 454 cm³/mol. The fraction of sp³-hybridized carbons (Fsp3) is 0.0577. The van der Waals surface area contributed by atoms with Gasteiger partial charge < -0.3 is 0 Å². The van der Waals surface area contributed by atoms with Crippen LogP contribution >= 0.6 is 11.3 Å². The van der Waals surface area contributed by atoms with Crippen molar-refractivity contribution in [1.29, 1.82) is 0 Å². The predicted octanol–water partition coefficient (Wildman–Crippen LogP) is 29.6. The third-order valence-corrected chi connectivity index (χ3v) is 24.8. The van der Waals surface area contributed by atoms with E-state index >= 15 is 0 Å². The minimum absolute atomic E-state index is 0.129. The van der Waals surface area contributed by atoms with Gasteiger partial charge in [-0.05, 0) is 234 Å². The number of fused-ring (bicyclic) bond motifs is 18. The van der Waals surface area contributed by atoms with E-state index in [1.54, 1.807) is 0 Å². The fourth-order valence-electron chi connectivity index (χ4n) is 19.0. The second kappa shape index (κ2) is 23.5. The Morgan fingerprint density at radius 3 is 1.01 bits per heavy atom. The van der Waals surface area contributed by atoms with Crippen LogP contribution in [0.3, 0.4) is 0 Å². The Morgan fingerprint density at radius 1 is 0.190 bits per heavy atom. The van der Waals surface area contributed by atoms with Crippen molar-refractivity contribution < 1.29 is 0 Å². The van der Waals surface area contributed by atoms with Crippen LogP contribution in [0.1, 0.15) is 49.9 Å². The first-order chi connectivity index (χ1) is 51.6. The molecule has 0 radical (unpaired) electrons. The van der Waals surface area contributed by atoms with Crippen LogP contribution in [0.2, 0.25) is 0 Å². The highest BCUT2D eigenvalue weighted by molar-refractivity contribution is 7.26. The van der Waals surface area contributed by atoms with Gasteiger partial charge in [0.25, 0.3) is 0 Å². The lowest BCUT2D eigenvalue weighted by molar-refractivity contribution is 0.663. The molecule has 2 aliphatic rings. The van der Waals surface area contributed by atoms with E-state index in [2.05, 4.69) is 380 Å². The average Bonchev–Trinajstić information content (AvgIpc) is 1.58. The zero-order chi connectivity index (χ0) is 69.8. The van der Waals surface area contributed by atoms with Gasteiger partial charge in [0.15, 0.2) is 0 Å². The number of hydrogen-bond acceptors (Lipinski definition) is 1. The summed E-state index contributed by atoms with van der Waals surface area (Å²) in [4.78, 5) is 0. The van der Waals surface area contributed by atoms with Gasteiger partial charge in [-0.1, -0.05) is 337 Å². The molecule has 0 amide bonds. The van der Waals surface area contributed by atoms with Crippen molar-refractivity contribution in [3.8, 4) is 89.0 Å². The molecule has 0 spiro atoms. The van der Waals surface area contributed by atoms with Gasteiger partial charge in [0.1, 0.15) is 0 Å². The lowest BCUT2D eigenvalue weighted by Crippen LogP contribution is -2.16. The summed E-state index contributed by atoms with van der Waals surface area (Å²) in [6.45, 7) is 9.60. The molecule has 0 aliphatic heterocycles. The normalized spacial score (nSPS) is 13.3. The third kappa shape index (κ3) is 9.31. The third-order valence-electron chi connectivity index (χ3n) is 23.6. The lowest BCUT2D eigenvalue weighted by atomic mass is 9.78. The molecule has 1 heterocycles. The van der Waals surface area contributed by atoms with Gasteiger partial charge >= 0.3 is 0 Å². The highest BCUT2D eigenvalue weighted by Crippen LogP contribution is 2.57. The standard InChI is InChI=1S/C53H36.C51H34S/c1-53(2)49-32-35-16-4-3-15-34(35)31-48(49)47-27-12-24-39(52(47)53)36-17-11-18-37(30-36)50-43-20-7-9-22-45(43)51(46-23-10-8-21-44(46)50)42-26-13-25-40-38-19-6-5-14-33(38)28-29-41(40)42;1-51(2)45-30-32-15-4-3-14-31(32)29-44(45)41-24-12-23-35(49(41)51)33-16-11-17-34(28-33)47-37-19-5-7-21-39(37)48(40-22-8-6-20-38(40)47)43-26-13-25-42-36-18-9-10-27-46(36)52-50(42)43/h3-32H,1-2H3;3-30H,1-2H3. The van der Waals surface area contributed by atoms with Gasteiger partial charge in [-0.2, -0.15) is 0 Å². The first-order valence-electron chi connectivity index (χ1n) is 36.9. The van der Waals surface area contributed by atoms with Crippen molar-refractivity contribution in [3.05, 3.63) is 374 Å². The highest BCUT2D eigenvalue weighted by atomic mass is 32.1. The molecule has 20 aromatic rings. The van der Waals surface area contributed by atoms with Crippen molar-refractivity contribution in [2.75, 3.05) is 0 Å². The van der Waals surface area contributed by atoms with Gasteiger partial charge in [0.2, 0.25) is 0 Å². The van der Waals surface area contributed by atoms with E-state index in [0.717, 1.165) is 0 Å². The summed E-state index contributed by atoms with van der Waals surface area (Å²) in [7, 11) is 0. The van der Waals surface area contributed by atoms with E-state index in [1.165, 1.54) is 218 Å². The molecule has 0 atom stereocenters. The molecule has 0 fully saturated rings. The van der Waals surface area contributed by atoms with Crippen molar-refractivity contribution in [2.45, 2.75) is 38.5 Å². The highest BCUT2D eigenvalue weighted by Gasteiger charge is 2.40. The van der Waals surface area contributed by atoms with Crippen molar-refractivity contribution >= 4 is 118 Å². The van der Waals surface area contributed by atoms with Crippen LogP contribution in [0.15, 0.2) is 352 Å². The quantitative estimate of drug-likeness (QED) is 0.115. The second-order valence-corrected chi connectivity index (χ2v) is 31.1. The molecular weight excluding hydrogens is 1280 g/mol. The van der Waals surface area contributed by atoms with Gasteiger partial charge in [0.05, 0.1) is 0 Å². The van der Waals surface area contributed by atoms with E-state index < -0.39 is 0 Å². The van der Waals surface area contributed by atoms with Crippen LogP contribution in [0.25, 0.3) is 195 Å². The monoisotopic (exact) mass is 1350 g/mol. The molecule has 2 aliphatic carbocycles. The summed E-state index contributed by atoms with van der Waals surface area (Å²) in [6, 6.07) is 131. The molecule has 105 heavy (non-hydrogen) atoms. The lowest BCUT2D eigenvalue weighted by Gasteiger charge is -2.25. The average molecular weight is 1350 g/mol. The molecule has 0 unspecified atom stereocenters. The molecule has 22 rings (SSSR count). The smallest absolute Gasteiger partial charge is 0.0434 e.